The summed E-state index contributed by atoms with van der Waals surface area (Å²) in [4.78, 5) is 57.7. The minimum absolute atomic E-state index is 0.0355. The van der Waals surface area contributed by atoms with E-state index in [9.17, 15) is 39.3 Å². The van der Waals surface area contributed by atoms with Crippen LogP contribution in [0.4, 0.5) is 0 Å². The van der Waals surface area contributed by atoms with Gasteiger partial charge in [0.2, 0.25) is 6.10 Å². The lowest BCUT2D eigenvalue weighted by Gasteiger charge is -2.61. The molecule has 2 heterocycles. The number of likely N-dealkylation sites (tertiary alicyclic amines) is 1. The lowest BCUT2D eigenvalue weighted by molar-refractivity contribution is -0.172. The number of esters is 3. The van der Waals surface area contributed by atoms with Gasteiger partial charge >= 0.3 is 29.8 Å². The number of aliphatic hydroxyl groups is 2. The standard InChI is InChI=1S/C27H27NO8.C6H8O6/c1-28-12-11-26-22-15-7-8-17(29)23(22)36-24(26)19(9-10-27(26,33)20(28)13-15)35-25(32)18(30)14-21(31)34-16-5-3-2-4-6-16;1-3(7)12-4(6(10)11)2-5(8)9/h2-9,18,20,24,29-30,33H,10-14H2,1H3;4H,2H2,1H3,(H,8,9)(H,10,11)/t18?,20-,24+,26+,27-;/m1./s1. The van der Waals surface area contributed by atoms with Gasteiger partial charge < -0.3 is 49.4 Å². The van der Waals surface area contributed by atoms with Gasteiger partial charge in [-0.1, -0.05) is 24.3 Å². The van der Waals surface area contributed by atoms with E-state index in [0.717, 1.165) is 18.1 Å². The molecule has 48 heavy (non-hydrogen) atoms. The second-order valence-electron chi connectivity index (χ2n) is 12.1. The molecule has 1 spiro atoms. The Morgan fingerprint density at radius 3 is 2.40 bits per heavy atom. The molecule has 0 radical (unpaired) electrons. The van der Waals surface area contributed by atoms with Crippen molar-refractivity contribution < 1.29 is 68.5 Å². The Hall–Kier alpha value is -4.99. The maximum absolute atomic E-state index is 12.8. The van der Waals surface area contributed by atoms with Crippen molar-refractivity contribution in [2.45, 2.75) is 74.4 Å². The van der Waals surface area contributed by atoms with Crippen LogP contribution in [0.25, 0.3) is 0 Å². The average molecular weight is 670 g/mol. The van der Waals surface area contributed by atoms with Gasteiger partial charge in [-0.2, -0.15) is 0 Å². The number of phenols is 1. The number of benzene rings is 2. The number of carbonyl (C=O) groups is 5. The van der Waals surface area contributed by atoms with Gasteiger partial charge in [-0.15, -0.1) is 0 Å². The quantitative estimate of drug-likeness (QED) is 0.186. The second-order valence-corrected chi connectivity index (χ2v) is 12.1. The van der Waals surface area contributed by atoms with Crippen LogP contribution in [0.3, 0.4) is 0 Å². The number of rotatable bonds is 9. The first kappa shape index (κ1) is 34.3. The van der Waals surface area contributed by atoms with Crippen molar-refractivity contribution in [2.24, 2.45) is 0 Å². The lowest BCUT2D eigenvalue weighted by atomic mass is 9.50. The Morgan fingerprint density at radius 1 is 1.04 bits per heavy atom. The second kappa shape index (κ2) is 13.3. The van der Waals surface area contributed by atoms with E-state index >= 15 is 0 Å². The van der Waals surface area contributed by atoms with Crippen molar-refractivity contribution in [1.29, 1.82) is 0 Å². The summed E-state index contributed by atoms with van der Waals surface area (Å²) in [5, 5.41) is 49.6. The molecule has 0 amide bonds. The molecule has 0 aromatic heterocycles. The van der Waals surface area contributed by atoms with Gasteiger partial charge in [-0.25, -0.2) is 9.59 Å². The fraction of sp³-hybridized carbons (Fsp3) is 0.424. The molecule has 2 aliphatic carbocycles. The number of hydrogen-bond acceptors (Lipinski definition) is 13. The summed E-state index contributed by atoms with van der Waals surface area (Å²) in [6.45, 7) is 1.70. The van der Waals surface area contributed by atoms with E-state index in [1.165, 1.54) is 0 Å². The van der Waals surface area contributed by atoms with Gasteiger partial charge in [0, 0.05) is 24.9 Å². The maximum Gasteiger partial charge on any atom is 0.345 e. The monoisotopic (exact) mass is 669 g/mol. The van der Waals surface area contributed by atoms with Crippen molar-refractivity contribution >= 4 is 29.8 Å². The number of nitrogens with zero attached hydrogens (tertiary/aromatic N) is 1. The van der Waals surface area contributed by atoms with Crippen molar-refractivity contribution in [3.63, 3.8) is 0 Å². The summed E-state index contributed by atoms with van der Waals surface area (Å²) in [6, 6.07) is 11.6. The zero-order valence-electron chi connectivity index (χ0n) is 26.0. The van der Waals surface area contributed by atoms with Crippen molar-refractivity contribution in [1.82, 2.24) is 4.90 Å². The molecule has 6 atom stereocenters. The number of para-hydroxylation sites is 1. The zero-order valence-corrected chi connectivity index (χ0v) is 26.0. The average Bonchev–Trinajstić information content (AvgIpc) is 3.38. The topological polar surface area (TPSA) is 227 Å². The van der Waals surface area contributed by atoms with Crippen LogP contribution in [-0.2, 0) is 45.3 Å². The van der Waals surface area contributed by atoms with Crippen LogP contribution in [0, 0.1) is 0 Å². The highest BCUT2D eigenvalue weighted by Crippen LogP contribution is 2.65. The number of piperidine rings is 1. The summed E-state index contributed by atoms with van der Waals surface area (Å²) in [7, 11) is 1.98. The maximum atomic E-state index is 12.8. The molecule has 6 rings (SSSR count). The van der Waals surface area contributed by atoms with E-state index in [4.69, 9.17) is 24.4 Å². The first-order chi connectivity index (χ1) is 22.7. The third-order valence-corrected chi connectivity index (χ3v) is 9.12. The molecule has 15 nitrogen and oxygen atoms in total. The molecule has 1 fully saturated rings. The Balaban J connectivity index is 0.000000323. The summed E-state index contributed by atoms with van der Waals surface area (Å²) in [5.74, 6) is -4.68. The minimum Gasteiger partial charge on any atom is -0.504 e. The first-order valence-corrected chi connectivity index (χ1v) is 15.1. The molecule has 0 saturated carbocycles. The number of ether oxygens (including phenoxy) is 4. The molecule has 256 valence electrons. The summed E-state index contributed by atoms with van der Waals surface area (Å²) >= 11 is 0. The van der Waals surface area contributed by atoms with Crippen molar-refractivity contribution in [3.05, 3.63) is 65.4 Å². The van der Waals surface area contributed by atoms with Crippen molar-refractivity contribution in [2.75, 3.05) is 13.6 Å². The smallest absolute Gasteiger partial charge is 0.345 e. The van der Waals surface area contributed by atoms with Crippen LogP contribution in [-0.4, -0.2) is 104 Å². The van der Waals surface area contributed by atoms with E-state index in [1.807, 2.05) is 13.1 Å². The van der Waals surface area contributed by atoms with Crippen LogP contribution in [0.2, 0.25) is 0 Å². The Morgan fingerprint density at radius 2 is 1.75 bits per heavy atom. The molecule has 4 aliphatic rings. The van der Waals surface area contributed by atoms with E-state index in [2.05, 4.69) is 9.64 Å². The molecule has 2 bridgehead atoms. The van der Waals surface area contributed by atoms with Gasteiger partial charge in [-0.05, 0) is 56.3 Å². The largest absolute Gasteiger partial charge is 0.504 e. The number of aliphatic hydroxyl groups excluding tert-OH is 1. The van der Waals surface area contributed by atoms with E-state index in [-0.39, 0.29) is 24.0 Å². The van der Waals surface area contributed by atoms with Gasteiger partial charge in [0.05, 0.1) is 23.9 Å². The number of aromatic hydroxyl groups is 1. The van der Waals surface area contributed by atoms with Gasteiger partial charge in [0.1, 0.15) is 11.5 Å². The van der Waals surface area contributed by atoms with Crippen LogP contribution in [0.1, 0.15) is 43.7 Å². The Labute approximate surface area is 273 Å². The molecule has 15 heteroatoms. The summed E-state index contributed by atoms with van der Waals surface area (Å²) in [6.07, 6.45) is -2.54. The van der Waals surface area contributed by atoms with Gasteiger partial charge in [0.15, 0.2) is 23.7 Å². The molecule has 2 aliphatic heterocycles. The predicted octanol–water partition coefficient (Wildman–Crippen LogP) is 1.05. The molecular formula is C33H35NO14. The van der Waals surface area contributed by atoms with E-state index in [0.29, 0.717) is 30.9 Å². The lowest BCUT2D eigenvalue weighted by Crippen LogP contribution is -2.74. The SMILES string of the molecule is CC(=O)OC(CC(=O)O)C(=O)O.CN1CC[C@]23c4c5ccc(O)c4O[C@H]2C(OC(=O)C(O)CC(=O)Oc2ccccc2)=CC[C@@]3(O)[C@H]1C5. The van der Waals surface area contributed by atoms with Crippen LogP contribution in [0.15, 0.2) is 54.3 Å². The first-order valence-electron chi connectivity index (χ1n) is 15.1. The Kier molecular flexibility index (Phi) is 9.48. The molecular weight excluding hydrogens is 634 g/mol. The molecule has 5 N–H and O–H groups in total. The molecule has 2 aromatic carbocycles. The minimum atomic E-state index is -1.75. The van der Waals surface area contributed by atoms with Crippen LogP contribution < -0.4 is 9.47 Å². The zero-order chi connectivity index (χ0) is 35.0. The summed E-state index contributed by atoms with van der Waals surface area (Å²) in [5.41, 5.74) is -0.339. The van der Waals surface area contributed by atoms with Gasteiger partial charge in [-0.3, -0.25) is 14.4 Å². The highest BCUT2D eigenvalue weighted by Gasteiger charge is 2.72. The number of phenolic OH excluding ortho intramolecular Hbond substituents is 1. The number of carboxylic acids is 2. The van der Waals surface area contributed by atoms with E-state index < -0.39 is 72.0 Å². The van der Waals surface area contributed by atoms with Crippen LogP contribution in [0.5, 0.6) is 17.2 Å². The highest BCUT2D eigenvalue weighted by molar-refractivity contribution is 5.83. The predicted molar refractivity (Wildman–Crippen MR) is 161 cm³/mol. The fourth-order valence-corrected chi connectivity index (χ4v) is 7.06. The van der Waals surface area contributed by atoms with Gasteiger partial charge in [0.25, 0.3) is 0 Å². The molecule has 1 saturated heterocycles. The molecule has 2 unspecified atom stereocenters. The third kappa shape index (κ3) is 6.19. The molecule has 2 aromatic rings. The normalized spacial score (nSPS) is 25.8. The summed E-state index contributed by atoms with van der Waals surface area (Å²) < 4.78 is 21.2. The Bertz CT molecular complexity index is 1640. The number of carboxylic acid groups (broad SMARTS) is 2. The van der Waals surface area contributed by atoms with Crippen LogP contribution >= 0.6 is 0 Å². The third-order valence-electron chi connectivity index (χ3n) is 9.12. The van der Waals surface area contributed by atoms with E-state index in [1.54, 1.807) is 42.5 Å². The highest BCUT2D eigenvalue weighted by atomic mass is 16.6. The number of aliphatic carboxylic acids is 2. The number of hydrogen-bond donors (Lipinski definition) is 5. The fourth-order valence-electron chi connectivity index (χ4n) is 7.06. The van der Waals surface area contributed by atoms with Crippen molar-refractivity contribution in [3.8, 4) is 17.2 Å². The number of carbonyl (C=O) groups excluding carboxylic acids is 3. The number of likely N-dealkylation sites (N-methyl/N-ethyl adjacent to an activating group) is 1.